The first-order valence-electron chi connectivity index (χ1n) is 7.40. The van der Waals surface area contributed by atoms with Crippen LogP contribution in [0.25, 0.3) is 0 Å². The molecule has 0 amide bonds. The summed E-state index contributed by atoms with van der Waals surface area (Å²) in [6.07, 6.45) is 9.73. The quantitative estimate of drug-likeness (QED) is 0.837. The van der Waals surface area contributed by atoms with E-state index in [1.807, 2.05) is 6.20 Å². The highest BCUT2D eigenvalue weighted by atomic mass is 16.1. The first-order valence-corrected chi connectivity index (χ1v) is 7.40. The van der Waals surface area contributed by atoms with Crippen molar-refractivity contribution in [3.8, 4) is 0 Å². The summed E-state index contributed by atoms with van der Waals surface area (Å²) in [6, 6.07) is 0. The maximum atomic E-state index is 12.1. The number of hydrogen-bond acceptors (Lipinski definition) is 3. The van der Waals surface area contributed by atoms with E-state index >= 15 is 0 Å². The number of nitrogens with zero attached hydrogens (tertiary/aromatic N) is 2. The summed E-state index contributed by atoms with van der Waals surface area (Å²) < 4.78 is 1.35. The Labute approximate surface area is 113 Å². The second-order valence-corrected chi connectivity index (χ2v) is 7.10. The van der Waals surface area contributed by atoms with E-state index in [2.05, 4.69) is 5.10 Å². The lowest BCUT2D eigenvalue weighted by atomic mass is 9.48. The van der Waals surface area contributed by atoms with Gasteiger partial charge in [0, 0.05) is 12.6 Å². The van der Waals surface area contributed by atoms with Crippen LogP contribution < -0.4 is 11.3 Å². The third-order valence-electron chi connectivity index (χ3n) is 5.78. The van der Waals surface area contributed by atoms with E-state index in [9.17, 15) is 4.79 Å². The van der Waals surface area contributed by atoms with Gasteiger partial charge in [0.2, 0.25) is 0 Å². The van der Waals surface area contributed by atoms with Gasteiger partial charge >= 0.3 is 0 Å². The maximum absolute atomic E-state index is 12.1. The predicted molar refractivity (Wildman–Crippen MR) is 73.7 cm³/mol. The first-order chi connectivity index (χ1) is 9.07. The molecule has 4 aliphatic rings. The fourth-order valence-corrected chi connectivity index (χ4v) is 5.42. The van der Waals surface area contributed by atoms with E-state index < -0.39 is 0 Å². The Morgan fingerprint density at radius 1 is 1.21 bits per heavy atom. The molecule has 1 aromatic rings. The van der Waals surface area contributed by atoms with Crippen LogP contribution >= 0.6 is 0 Å². The molecule has 2 N–H and O–H groups in total. The van der Waals surface area contributed by atoms with Crippen molar-refractivity contribution >= 4 is 5.69 Å². The van der Waals surface area contributed by atoms with Gasteiger partial charge in [0.25, 0.3) is 5.56 Å². The molecule has 4 fully saturated rings. The number of aromatic nitrogens is 2. The molecule has 0 unspecified atom stereocenters. The van der Waals surface area contributed by atoms with E-state index in [0.29, 0.717) is 5.69 Å². The van der Waals surface area contributed by atoms with E-state index in [1.54, 1.807) is 7.05 Å². The lowest BCUT2D eigenvalue weighted by molar-refractivity contribution is -0.00513. The number of rotatable bonds is 1. The highest BCUT2D eigenvalue weighted by Crippen LogP contribution is 2.61. The highest BCUT2D eigenvalue weighted by molar-refractivity contribution is 5.48. The summed E-state index contributed by atoms with van der Waals surface area (Å²) in [5.74, 6) is 2.57. The van der Waals surface area contributed by atoms with Crippen LogP contribution in [0.3, 0.4) is 0 Å². The molecule has 0 atom stereocenters. The standard InChI is InChI=1S/C15H21N3O/c1-18-14(19)13(16)12(8-17-18)15-5-9-2-10(6-15)4-11(3-9)7-15/h8-11H,2-7,16H2,1H3. The molecule has 0 spiro atoms. The van der Waals surface area contributed by atoms with Crippen LogP contribution in [0.4, 0.5) is 5.69 Å². The Bertz CT molecular complexity index is 554. The number of hydrogen-bond donors (Lipinski definition) is 1. The zero-order valence-electron chi connectivity index (χ0n) is 11.4. The van der Waals surface area contributed by atoms with Gasteiger partial charge in [-0.2, -0.15) is 5.10 Å². The average molecular weight is 259 g/mol. The Morgan fingerprint density at radius 2 is 1.74 bits per heavy atom. The summed E-state index contributed by atoms with van der Waals surface area (Å²) in [4.78, 5) is 12.1. The van der Waals surface area contributed by atoms with Gasteiger partial charge in [-0.25, -0.2) is 4.68 Å². The number of nitrogens with two attached hydrogens (primary N) is 1. The molecule has 5 rings (SSSR count). The van der Waals surface area contributed by atoms with Crippen LogP contribution in [0.5, 0.6) is 0 Å². The van der Waals surface area contributed by atoms with Crippen molar-refractivity contribution in [2.75, 3.05) is 5.73 Å². The van der Waals surface area contributed by atoms with Crippen LogP contribution in [0.15, 0.2) is 11.0 Å². The number of nitrogen functional groups attached to an aromatic ring is 1. The zero-order valence-corrected chi connectivity index (χ0v) is 11.4. The lowest BCUT2D eigenvalue weighted by Gasteiger charge is -2.57. The fourth-order valence-electron chi connectivity index (χ4n) is 5.42. The van der Waals surface area contributed by atoms with Gasteiger partial charge in [-0.3, -0.25) is 4.79 Å². The molecule has 0 aliphatic heterocycles. The van der Waals surface area contributed by atoms with Crippen molar-refractivity contribution in [2.24, 2.45) is 24.8 Å². The van der Waals surface area contributed by atoms with Gasteiger partial charge in [0.15, 0.2) is 0 Å². The molecule has 4 nitrogen and oxygen atoms in total. The Hall–Kier alpha value is -1.32. The minimum atomic E-state index is -0.131. The summed E-state index contributed by atoms with van der Waals surface area (Å²) in [7, 11) is 1.67. The van der Waals surface area contributed by atoms with Crippen LogP contribution in [0.2, 0.25) is 0 Å². The maximum Gasteiger partial charge on any atom is 0.289 e. The highest BCUT2D eigenvalue weighted by Gasteiger charge is 2.52. The van der Waals surface area contributed by atoms with Gasteiger partial charge in [0.05, 0.1) is 6.20 Å². The van der Waals surface area contributed by atoms with E-state index in [0.717, 1.165) is 23.3 Å². The topological polar surface area (TPSA) is 60.9 Å². The van der Waals surface area contributed by atoms with Gasteiger partial charge in [0.1, 0.15) is 5.69 Å². The molecule has 102 valence electrons. The molecule has 19 heavy (non-hydrogen) atoms. The summed E-state index contributed by atoms with van der Waals surface area (Å²) >= 11 is 0. The molecule has 0 saturated heterocycles. The van der Waals surface area contributed by atoms with Crippen molar-refractivity contribution in [1.82, 2.24) is 9.78 Å². The minimum Gasteiger partial charge on any atom is -0.394 e. The van der Waals surface area contributed by atoms with Crippen LogP contribution in [0, 0.1) is 17.8 Å². The van der Waals surface area contributed by atoms with E-state index in [-0.39, 0.29) is 11.0 Å². The van der Waals surface area contributed by atoms with Gasteiger partial charge in [-0.05, 0) is 61.7 Å². The SMILES string of the molecule is Cn1ncc(C23CC4CC(CC(C4)C2)C3)c(N)c1=O. The molecule has 1 heterocycles. The van der Waals surface area contributed by atoms with Gasteiger partial charge in [-0.15, -0.1) is 0 Å². The second-order valence-electron chi connectivity index (χ2n) is 7.10. The Balaban J connectivity index is 1.84. The molecule has 4 saturated carbocycles. The molecule has 0 aromatic carbocycles. The average Bonchev–Trinajstić information content (AvgIpc) is 2.34. The Kier molecular flexibility index (Phi) is 2.19. The van der Waals surface area contributed by atoms with Crippen molar-refractivity contribution in [2.45, 2.75) is 43.9 Å². The van der Waals surface area contributed by atoms with Crippen molar-refractivity contribution in [1.29, 1.82) is 0 Å². The first kappa shape index (κ1) is 11.5. The zero-order chi connectivity index (χ0) is 13.2. The Morgan fingerprint density at radius 3 is 2.26 bits per heavy atom. The molecule has 0 radical (unpaired) electrons. The van der Waals surface area contributed by atoms with E-state index in [1.165, 1.54) is 43.2 Å². The number of aryl methyl sites for hydroxylation is 1. The smallest absolute Gasteiger partial charge is 0.289 e. The van der Waals surface area contributed by atoms with Crippen molar-refractivity contribution in [3.05, 3.63) is 22.1 Å². The number of anilines is 1. The molecular formula is C15H21N3O. The van der Waals surface area contributed by atoms with Crippen molar-refractivity contribution in [3.63, 3.8) is 0 Å². The largest absolute Gasteiger partial charge is 0.394 e. The van der Waals surface area contributed by atoms with Crippen LogP contribution in [-0.2, 0) is 12.5 Å². The predicted octanol–water partition coefficient (Wildman–Crippen LogP) is 1.83. The third kappa shape index (κ3) is 1.52. The minimum absolute atomic E-state index is 0.131. The molecule has 4 aliphatic carbocycles. The monoisotopic (exact) mass is 259 g/mol. The molecule has 4 heteroatoms. The summed E-state index contributed by atoms with van der Waals surface area (Å²) in [6.45, 7) is 0. The van der Waals surface area contributed by atoms with Crippen LogP contribution in [0.1, 0.15) is 44.1 Å². The normalized spacial score (nSPS) is 39.7. The second kappa shape index (κ2) is 3.62. The lowest BCUT2D eigenvalue weighted by Crippen LogP contribution is -2.49. The molecule has 4 bridgehead atoms. The van der Waals surface area contributed by atoms with Gasteiger partial charge < -0.3 is 5.73 Å². The molecular weight excluding hydrogens is 238 g/mol. The van der Waals surface area contributed by atoms with Crippen LogP contribution in [-0.4, -0.2) is 9.78 Å². The summed E-state index contributed by atoms with van der Waals surface area (Å²) in [5, 5.41) is 4.22. The molecule has 1 aromatic heterocycles. The van der Waals surface area contributed by atoms with Gasteiger partial charge in [-0.1, -0.05) is 0 Å². The third-order valence-corrected chi connectivity index (χ3v) is 5.78. The van der Waals surface area contributed by atoms with E-state index in [4.69, 9.17) is 5.73 Å². The van der Waals surface area contributed by atoms with Crippen molar-refractivity contribution < 1.29 is 0 Å². The fraction of sp³-hybridized carbons (Fsp3) is 0.733. The summed E-state index contributed by atoms with van der Waals surface area (Å²) in [5.41, 5.74) is 7.66.